The SMILES string of the molecule is C[Si](C)(O)C1CC2CC1C1C(=O)OC(=O)C21. The van der Waals surface area contributed by atoms with Crippen molar-refractivity contribution in [2.45, 2.75) is 31.5 Å². The van der Waals surface area contributed by atoms with Gasteiger partial charge in [0.2, 0.25) is 0 Å². The van der Waals surface area contributed by atoms with Gasteiger partial charge >= 0.3 is 11.9 Å². The topological polar surface area (TPSA) is 63.6 Å². The molecule has 0 aromatic rings. The Hall–Kier alpha value is -0.683. The first kappa shape index (κ1) is 10.5. The zero-order valence-electron chi connectivity index (χ0n) is 9.47. The molecular weight excluding hydrogens is 224 g/mol. The van der Waals surface area contributed by atoms with Crippen LogP contribution in [0.3, 0.4) is 0 Å². The van der Waals surface area contributed by atoms with Crippen LogP contribution in [0.1, 0.15) is 12.8 Å². The van der Waals surface area contributed by atoms with Crippen LogP contribution in [0.2, 0.25) is 18.6 Å². The van der Waals surface area contributed by atoms with Crippen LogP contribution in [0, 0.1) is 23.7 Å². The normalized spacial score (nSPS) is 46.1. The van der Waals surface area contributed by atoms with Crippen molar-refractivity contribution >= 4 is 20.3 Å². The molecule has 2 aliphatic carbocycles. The van der Waals surface area contributed by atoms with E-state index in [9.17, 15) is 14.4 Å². The molecule has 1 N–H and O–H groups in total. The van der Waals surface area contributed by atoms with Gasteiger partial charge in [-0.1, -0.05) is 0 Å². The molecule has 3 aliphatic rings. The minimum atomic E-state index is -2.21. The van der Waals surface area contributed by atoms with Gasteiger partial charge in [-0.3, -0.25) is 9.59 Å². The van der Waals surface area contributed by atoms with E-state index in [0.717, 1.165) is 12.8 Å². The molecule has 5 atom stereocenters. The van der Waals surface area contributed by atoms with Gasteiger partial charge in [-0.2, -0.15) is 0 Å². The van der Waals surface area contributed by atoms with Gasteiger partial charge in [-0.05, 0) is 43.3 Å². The summed E-state index contributed by atoms with van der Waals surface area (Å²) in [6, 6.07) is 0. The summed E-state index contributed by atoms with van der Waals surface area (Å²) in [4.78, 5) is 33.4. The first-order chi connectivity index (χ1) is 7.39. The lowest BCUT2D eigenvalue weighted by molar-refractivity contribution is -0.154. The molecule has 5 unspecified atom stereocenters. The van der Waals surface area contributed by atoms with Crippen LogP contribution in [0.4, 0.5) is 0 Å². The molecule has 2 saturated carbocycles. The Kier molecular flexibility index (Phi) is 1.93. The third-order valence-corrected chi connectivity index (χ3v) is 7.14. The zero-order chi connectivity index (χ0) is 11.7. The average molecular weight is 240 g/mol. The lowest BCUT2D eigenvalue weighted by Crippen LogP contribution is -2.41. The van der Waals surface area contributed by atoms with E-state index in [2.05, 4.69) is 0 Å². The van der Waals surface area contributed by atoms with Crippen LogP contribution in [0.5, 0.6) is 0 Å². The van der Waals surface area contributed by atoms with Crippen molar-refractivity contribution < 1.29 is 19.1 Å². The first-order valence-corrected chi connectivity index (χ1v) is 8.90. The van der Waals surface area contributed by atoms with E-state index in [0.29, 0.717) is 0 Å². The third-order valence-electron chi connectivity index (χ3n) is 4.66. The molecule has 0 spiro atoms. The summed E-state index contributed by atoms with van der Waals surface area (Å²) < 4.78 is 4.73. The van der Waals surface area contributed by atoms with Crippen LogP contribution in [0.25, 0.3) is 0 Å². The highest BCUT2D eigenvalue weighted by Gasteiger charge is 2.65. The molecule has 16 heavy (non-hydrogen) atoms. The molecule has 88 valence electrons. The lowest BCUT2D eigenvalue weighted by Gasteiger charge is -2.34. The standard InChI is InChI=1S/C11H16O4Si/c1-16(2,14)7-4-5-3-6(7)9-8(5)10(12)15-11(9)13/h5-9,14H,3-4H2,1-2H3. The van der Waals surface area contributed by atoms with Crippen molar-refractivity contribution in [2.75, 3.05) is 0 Å². The Morgan fingerprint density at radius 3 is 2.44 bits per heavy atom. The van der Waals surface area contributed by atoms with Crippen molar-refractivity contribution in [2.24, 2.45) is 23.7 Å². The molecule has 4 nitrogen and oxygen atoms in total. The monoisotopic (exact) mass is 240 g/mol. The largest absolute Gasteiger partial charge is 0.432 e. The summed E-state index contributed by atoms with van der Waals surface area (Å²) in [6.45, 7) is 3.85. The minimum Gasteiger partial charge on any atom is -0.432 e. The summed E-state index contributed by atoms with van der Waals surface area (Å²) >= 11 is 0. The number of fused-ring (bicyclic) bond motifs is 5. The molecule has 0 amide bonds. The molecular formula is C11H16O4Si. The predicted octanol–water partition coefficient (Wildman–Crippen LogP) is 0.910. The zero-order valence-corrected chi connectivity index (χ0v) is 10.5. The lowest BCUT2D eigenvalue weighted by atomic mass is 9.81. The van der Waals surface area contributed by atoms with E-state index in [-0.39, 0.29) is 41.2 Å². The third kappa shape index (κ3) is 1.18. The molecule has 3 fully saturated rings. The highest BCUT2D eigenvalue weighted by Crippen LogP contribution is 2.62. The Morgan fingerprint density at radius 1 is 1.19 bits per heavy atom. The summed E-state index contributed by atoms with van der Waals surface area (Å²) in [7, 11) is -2.21. The second kappa shape index (κ2) is 2.95. The number of cyclic esters (lactones) is 2. The van der Waals surface area contributed by atoms with Crippen LogP contribution in [-0.4, -0.2) is 25.1 Å². The quantitative estimate of drug-likeness (QED) is 0.420. The summed E-state index contributed by atoms with van der Waals surface area (Å²) in [6.07, 6.45) is 1.84. The van der Waals surface area contributed by atoms with Gasteiger partial charge in [0.05, 0.1) is 11.8 Å². The molecule has 2 bridgehead atoms. The molecule has 1 heterocycles. The second-order valence-electron chi connectivity index (χ2n) is 5.95. The summed E-state index contributed by atoms with van der Waals surface area (Å²) in [5.41, 5.74) is 0.261. The number of hydrogen-bond acceptors (Lipinski definition) is 4. The number of carbonyl (C=O) groups excluding carboxylic acids is 2. The van der Waals surface area contributed by atoms with E-state index < -0.39 is 8.32 Å². The molecule has 0 aromatic heterocycles. The average Bonchev–Trinajstić information content (AvgIpc) is 2.76. The molecule has 1 aliphatic heterocycles. The first-order valence-electron chi connectivity index (χ1n) is 5.87. The minimum absolute atomic E-state index is 0.190. The van der Waals surface area contributed by atoms with E-state index >= 15 is 0 Å². The van der Waals surface area contributed by atoms with Gasteiger partial charge < -0.3 is 9.53 Å². The number of rotatable bonds is 1. The van der Waals surface area contributed by atoms with Gasteiger partial charge in [-0.25, -0.2) is 0 Å². The highest BCUT2D eigenvalue weighted by molar-refractivity contribution is 6.71. The van der Waals surface area contributed by atoms with Gasteiger partial charge in [0.15, 0.2) is 8.32 Å². The van der Waals surface area contributed by atoms with E-state index in [1.54, 1.807) is 0 Å². The van der Waals surface area contributed by atoms with Gasteiger partial charge in [-0.15, -0.1) is 0 Å². The van der Waals surface area contributed by atoms with Crippen LogP contribution in [0.15, 0.2) is 0 Å². The fourth-order valence-electron chi connectivity index (χ4n) is 4.07. The maximum Gasteiger partial charge on any atom is 0.317 e. The fourth-order valence-corrected chi connectivity index (χ4v) is 6.34. The Labute approximate surface area is 95.1 Å². The highest BCUT2D eigenvalue weighted by atomic mass is 28.4. The number of ether oxygens (including phenoxy) is 1. The van der Waals surface area contributed by atoms with E-state index in [1.165, 1.54) is 0 Å². The Bertz CT molecular complexity index is 373. The second-order valence-corrected chi connectivity index (χ2v) is 10.00. The van der Waals surface area contributed by atoms with Gasteiger partial charge in [0.1, 0.15) is 0 Å². The van der Waals surface area contributed by atoms with Crippen LogP contribution in [-0.2, 0) is 14.3 Å². The maximum atomic E-state index is 11.6. The molecule has 0 aromatic carbocycles. The number of carbonyl (C=O) groups is 2. The van der Waals surface area contributed by atoms with E-state index in [1.807, 2.05) is 13.1 Å². The Morgan fingerprint density at radius 2 is 1.81 bits per heavy atom. The summed E-state index contributed by atoms with van der Waals surface area (Å²) in [5, 5.41) is 0. The smallest absolute Gasteiger partial charge is 0.317 e. The maximum absolute atomic E-state index is 11.6. The van der Waals surface area contributed by atoms with Crippen molar-refractivity contribution in [3.8, 4) is 0 Å². The molecule has 5 heteroatoms. The van der Waals surface area contributed by atoms with Crippen molar-refractivity contribution in [1.29, 1.82) is 0 Å². The van der Waals surface area contributed by atoms with Crippen LogP contribution >= 0.6 is 0 Å². The van der Waals surface area contributed by atoms with Gasteiger partial charge in [0.25, 0.3) is 0 Å². The van der Waals surface area contributed by atoms with Gasteiger partial charge in [0, 0.05) is 0 Å². The molecule has 3 rings (SSSR count). The van der Waals surface area contributed by atoms with Crippen molar-refractivity contribution in [1.82, 2.24) is 0 Å². The predicted molar refractivity (Wildman–Crippen MR) is 57.7 cm³/mol. The number of esters is 2. The van der Waals surface area contributed by atoms with Crippen LogP contribution < -0.4 is 0 Å². The summed E-state index contributed by atoms with van der Waals surface area (Å²) in [5.74, 6) is -0.623. The van der Waals surface area contributed by atoms with E-state index in [4.69, 9.17) is 4.74 Å². The molecule has 0 radical (unpaired) electrons. The van der Waals surface area contributed by atoms with Crippen molar-refractivity contribution in [3.63, 3.8) is 0 Å². The Balaban J connectivity index is 1.93. The van der Waals surface area contributed by atoms with Crippen molar-refractivity contribution in [3.05, 3.63) is 0 Å². The fraction of sp³-hybridized carbons (Fsp3) is 0.818. The number of hydrogen-bond donors (Lipinski definition) is 1. The molecule has 1 saturated heterocycles.